The van der Waals surface area contributed by atoms with E-state index in [1.54, 1.807) is 0 Å². The second-order valence-electron chi connectivity index (χ2n) is 6.84. The summed E-state index contributed by atoms with van der Waals surface area (Å²) in [7, 11) is 0. The van der Waals surface area contributed by atoms with E-state index in [2.05, 4.69) is 49.7 Å². The summed E-state index contributed by atoms with van der Waals surface area (Å²) in [6.07, 6.45) is 7.20. The lowest BCUT2D eigenvalue weighted by atomic mass is 10.1. The minimum Gasteiger partial charge on any atom is -0.323 e. The molecule has 4 atom stereocenters. The van der Waals surface area contributed by atoms with Gasteiger partial charge >= 0.3 is 0 Å². The van der Waals surface area contributed by atoms with Crippen molar-refractivity contribution in [3.05, 3.63) is 0 Å². The molecule has 3 nitrogen and oxygen atoms in total. The van der Waals surface area contributed by atoms with Gasteiger partial charge in [0.15, 0.2) is 0 Å². The van der Waals surface area contributed by atoms with Crippen LogP contribution in [0.3, 0.4) is 0 Å². The van der Waals surface area contributed by atoms with Gasteiger partial charge in [0.1, 0.15) is 0 Å². The highest BCUT2D eigenvalue weighted by Gasteiger charge is 2.45. The molecule has 0 spiro atoms. The molecule has 1 N–H and O–H groups in total. The van der Waals surface area contributed by atoms with Crippen LogP contribution < -0.4 is 5.32 Å². The number of thioether (sulfide) groups is 1. The van der Waals surface area contributed by atoms with Crippen LogP contribution in [0.5, 0.6) is 0 Å². The molecule has 1 saturated heterocycles. The summed E-state index contributed by atoms with van der Waals surface area (Å²) in [5.74, 6) is 2.05. The number of hydrogen-bond donors (Lipinski definition) is 1. The quantitative estimate of drug-likeness (QED) is 0.779. The number of unbranched alkanes of at least 4 members (excludes halogenated alkanes) is 1. The molecule has 0 bridgehead atoms. The lowest BCUT2D eigenvalue weighted by Gasteiger charge is -2.32. The second kappa shape index (κ2) is 7.87. The Labute approximate surface area is 134 Å². The van der Waals surface area contributed by atoms with Gasteiger partial charge in [0.25, 0.3) is 0 Å². The van der Waals surface area contributed by atoms with Crippen LogP contribution in [-0.4, -0.2) is 40.1 Å². The Kier molecular flexibility index (Phi) is 6.42. The van der Waals surface area contributed by atoms with Gasteiger partial charge in [-0.1, -0.05) is 40.5 Å². The van der Waals surface area contributed by atoms with Gasteiger partial charge < -0.3 is 4.90 Å². The second-order valence-corrected chi connectivity index (χ2v) is 8.42. The van der Waals surface area contributed by atoms with Gasteiger partial charge in [-0.25, -0.2) is 0 Å². The molecule has 2 rings (SSSR count). The lowest BCUT2D eigenvalue weighted by Crippen LogP contribution is -2.46. The molecule has 0 aromatic rings. The molecule has 1 amide bonds. The molecule has 4 heteroatoms. The van der Waals surface area contributed by atoms with E-state index in [-0.39, 0.29) is 12.2 Å². The van der Waals surface area contributed by atoms with Crippen LogP contribution in [0, 0.1) is 5.92 Å². The van der Waals surface area contributed by atoms with Gasteiger partial charge in [0.05, 0.1) is 12.2 Å². The largest absolute Gasteiger partial charge is 0.323 e. The van der Waals surface area contributed by atoms with Crippen LogP contribution in [-0.2, 0) is 4.79 Å². The molecule has 1 heterocycles. The van der Waals surface area contributed by atoms with Crippen molar-refractivity contribution in [3.8, 4) is 0 Å². The molecule has 0 aromatic carbocycles. The Hall–Kier alpha value is -0.220. The van der Waals surface area contributed by atoms with Gasteiger partial charge in [-0.15, -0.1) is 0 Å². The summed E-state index contributed by atoms with van der Waals surface area (Å²) < 4.78 is 0. The number of amides is 1. The van der Waals surface area contributed by atoms with E-state index >= 15 is 0 Å². The fraction of sp³-hybridized carbons (Fsp3) is 0.941. The molecule has 0 aromatic heterocycles. The fourth-order valence-corrected chi connectivity index (χ4v) is 4.90. The zero-order valence-corrected chi connectivity index (χ0v) is 14.9. The Morgan fingerprint density at radius 3 is 2.71 bits per heavy atom. The van der Waals surface area contributed by atoms with Crippen molar-refractivity contribution in [2.45, 2.75) is 89.7 Å². The van der Waals surface area contributed by atoms with Crippen molar-refractivity contribution in [3.63, 3.8) is 0 Å². The topological polar surface area (TPSA) is 32.3 Å². The molecule has 4 unspecified atom stereocenters. The third-order valence-corrected chi connectivity index (χ3v) is 6.09. The molecule has 1 saturated carbocycles. The van der Waals surface area contributed by atoms with Crippen molar-refractivity contribution in [2.24, 2.45) is 5.92 Å². The van der Waals surface area contributed by atoms with Gasteiger partial charge in [-0.3, -0.25) is 10.1 Å². The Morgan fingerprint density at radius 1 is 1.33 bits per heavy atom. The maximum Gasteiger partial charge on any atom is 0.241 e. The molecule has 2 fully saturated rings. The van der Waals surface area contributed by atoms with E-state index in [1.807, 2.05) is 0 Å². The smallest absolute Gasteiger partial charge is 0.241 e. The van der Waals surface area contributed by atoms with Crippen molar-refractivity contribution in [1.29, 1.82) is 0 Å². The highest BCUT2D eigenvalue weighted by Crippen LogP contribution is 2.36. The maximum atomic E-state index is 12.8. The highest BCUT2D eigenvalue weighted by molar-refractivity contribution is 7.99. The first kappa shape index (κ1) is 17.1. The predicted octanol–water partition coefficient (Wildman–Crippen LogP) is 3.63. The highest BCUT2D eigenvalue weighted by atomic mass is 32.2. The van der Waals surface area contributed by atoms with Crippen LogP contribution in [0.15, 0.2) is 0 Å². The van der Waals surface area contributed by atoms with E-state index in [1.165, 1.54) is 25.0 Å². The van der Waals surface area contributed by atoms with Crippen molar-refractivity contribution in [1.82, 2.24) is 10.2 Å². The van der Waals surface area contributed by atoms with Crippen LogP contribution in [0.25, 0.3) is 0 Å². The molecule has 21 heavy (non-hydrogen) atoms. The maximum absolute atomic E-state index is 12.8. The summed E-state index contributed by atoms with van der Waals surface area (Å²) in [6.45, 7) is 8.89. The Bertz CT molecular complexity index is 348. The van der Waals surface area contributed by atoms with E-state index in [9.17, 15) is 4.79 Å². The van der Waals surface area contributed by atoms with E-state index < -0.39 is 0 Å². The molecule has 1 aliphatic heterocycles. The summed E-state index contributed by atoms with van der Waals surface area (Å²) in [5.41, 5.74) is 0. The summed E-state index contributed by atoms with van der Waals surface area (Å²) in [5, 5.41) is 4.38. The van der Waals surface area contributed by atoms with Gasteiger partial charge in [-0.05, 0) is 37.4 Å². The van der Waals surface area contributed by atoms with Gasteiger partial charge in [-0.2, -0.15) is 11.8 Å². The van der Waals surface area contributed by atoms with Crippen LogP contribution >= 0.6 is 11.8 Å². The predicted molar refractivity (Wildman–Crippen MR) is 91.5 cm³/mol. The first-order valence-electron chi connectivity index (χ1n) is 8.78. The zero-order chi connectivity index (χ0) is 15.4. The monoisotopic (exact) mass is 312 g/mol. The van der Waals surface area contributed by atoms with E-state index in [0.29, 0.717) is 17.9 Å². The standard InChI is InChI=1S/C17H32N2OS/c1-5-7-8-15-17(20)19(16(18-15)12(3)4)13-9-10-14(11-13)21-6-2/h12-16,18H,5-11H2,1-4H3. The fourth-order valence-electron chi connectivity index (χ4n) is 3.77. The Morgan fingerprint density at radius 2 is 2.10 bits per heavy atom. The van der Waals surface area contributed by atoms with E-state index in [4.69, 9.17) is 0 Å². The van der Waals surface area contributed by atoms with Crippen LogP contribution in [0.1, 0.15) is 66.2 Å². The number of carbonyl (C=O) groups excluding carboxylic acids is 1. The number of nitrogens with zero attached hydrogens (tertiary/aromatic N) is 1. The third kappa shape index (κ3) is 3.95. The normalized spacial score (nSPS) is 33.4. The van der Waals surface area contributed by atoms with Crippen molar-refractivity contribution in [2.75, 3.05) is 5.75 Å². The van der Waals surface area contributed by atoms with Crippen LogP contribution in [0.4, 0.5) is 0 Å². The molecule has 122 valence electrons. The van der Waals surface area contributed by atoms with E-state index in [0.717, 1.165) is 24.5 Å². The minimum absolute atomic E-state index is 0.0650. The summed E-state index contributed by atoms with van der Waals surface area (Å²) >= 11 is 2.07. The average Bonchev–Trinajstić information content (AvgIpc) is 3.02. The molecular weight excluding hydrogens is 280 g/mol. The molecule has 1 aliphatic carbocycles. The molecule has 0 radical (unpaired) electrons. The first-order chi connectivity index (χ1) is 10.1. The lowest BCUT2D eigenvalue weighted by molar-refractivity contribution is -0.132. The SMILES string of the molecule is CCCCC1NC(C(C)C)N(C2CCC(SCC)C2)C1=O. The summed E-state index contributed by atoms with van der Waals surface area (Å²) in [4.78, 5) is 15.1. The van der Waals surface area contributed by atoms with Crippen LogP contribution in [0.2, 0.25) is 0 Å². The Balaban J connectivity index is 2.03. The number of rotatable bonds is 7. The molecule has 2 aliphatic rings. The number of carbonyl (C=O) groups is 1. The van der Waals surface area contributed by atoms with Crippen molar-refractivity contribution < 1.29 is 4.79 Å². The number of hydrogen-bond acceptors (Lipinski definition) is 3. The number of nitrogens with one attached hydrogen (secondary N) is 1. The first-order valence-corrected chi connectivity index (χ1v) is 9.83. The van der Waals surface area contributed by atoms with Gasteiger partial charge in [0.2, 0.25) is 5.91 Å². The average molecular weight is 313 g/mol. The van der Waals surface area contributed by atoms with Gasteiger partial charge in [0, 0.05) is 11.3 Å². The minimum atomic E-state index is 0.0650. The summed E-state index contributed by atoms with van der Waals surface area (Å²) in [6, 6.07) is 0.531. The molecular formula is C17H32N2OS. The third-order valence-electron chi connectivity index (χ3n) is 4.85. The van der Waals surface area contributed by atoms with Crippen molar-refractivity contribution >= 4 is 17.7 Å². The zero-order valence-electron chi connectivity index (χ0n) is 14.1.